The van der Waals surface area contributed by atoms with Crippen LogP contribution >= 0.6 is 0 Å². The number of rotatable bonds is 5. The molecule has 0 aliphatic carbocycles. The molecule has 1 amide bonds. The summed E-state index contributed by atoms with van der Waals surface area (Å²) in [5, 5.41) is 11.7. The first-order chi connectivity index (χ1) is 8.56. The number of ether oxygens (including phenoxy) is 1. The highest BCUT2D eigenvalue weighted by atomic mass is 16.5. The molecule has 2 atom stereocenters. The van der Waals surface area contributed by atoms with Gasteiger partial charge in [-0.15, -0.1) is 0 Å². The van der Waals surface area contributed by atoms with Crippen LogP contribution in [-0.4, -0.2) is 61.3 Å². The number of methoxy groups -OCH3 is 1. The molecular formula is C12H22N2O4. The molecule has 1 saturated heterocycles. The Morgan fingerprint density at radius 2 is 2.28 bits per heavy atom. The summed E-state index contributed by atoms with van der Waals surface area (Å²) in [7, 11) is 1.31. The Kier molecular flexibility index (Phi) is 6.07. The number of nitrogens with one attached hydrogen (secondary N) is 1. The highest BCUT2D eigenvalue weighted by Crippen LogP contribution is 2.15. The molecule has 0 radical (unpaired) electrons. The molecule has 18 heavy (non-hydrogen) atoms. The first-order valence-electron chi connectivity index (χ1n) is 6.25. The molecule has 0 aromatic carbocycles. The number of esters is 1. The van der Waals surface area contributed by atoms with Gasteiger partial charge in [0.05, 0.1) is 7.11 Å². The number of likely N-dealkylation sites (tertiary alicyclic amines) is 1. The number of carbonyl (C=O) groups is 2. The van der Waals surface area contributed by atoms with E-state index in [9.17, 15) is 9.59 Å². The fourth-order valence-corrected chi connectivity index (χ4v) is 2.29. The lowest BCUT2D eigenvalue weighted by molar-refractivity contribution is -0.145. The Bertz CT molecular complexity index is 296. The molecule has 1 aliphatic heterocycles. The van der Waals surface area contributed by atoms with Gasteiger partial charge in [0.1, 0.15) is 6.04 Å². The lowest BCUT2D eigenvalue weighted by Crippen LogP contribution is -2.50. The number of aliphatic hydroxyl groups excluding tert-OH is 1. The van der Waals surface area contributed by atoms with Gasteiger partial charge in [0.25, 0.3) is 0 Å². The van der Waals surface area contributed by atoms with Crippen molar-refractivity contribution in [2.24, 2.45) is 5.92 Å². The highest BCUT2D eigenvalue weighted by molar-refractivity contribution is 5.83. The fraction of sp³-hybridized carbons (Fsp3) is 0.833. The first kappa shape index (κ1) is 14.9. The van der Waals surface area contributed by atoms with Crippen molar-refractivity contribution in [3.63, 3.8) is 0 Å². The van der Waals surface area contributed by atoms with Gasteiger partial charge in [-0.25, -0.2) is 4.79 Å². The van der Waals surface area contributed by atoms with Gasteiger partial charge in [-0.2, -0.15) is 0 Å². The Morgan fingerprint density at radius 1 is 1.56 bits per heavy atom. The average Bonchev–Trinajstić information content (AvgIpc) is 2.36. The van der Waals surface area contributed by atoms with E-state index in [0.717, 1.165) is 25.9 Å². The molecule has 0 aromatic rings. The standard InChI is InChI=1S/C12H22N2O4/c1-9(16)13-11(12(17)18-2)7-14-5-3-4-10(6-14)8-15/h10-11,15H,3-8H2,1-2H3,(H,13,16). The van der Waals surface area contributed by atoms with Gasteiger partial charge in [0, 0.05) is 26.6 Å². The van der Waals surface area contributed by atoms with E-state index in [4.69, 9.17) is 5.11 Å². The fourth-order valence-electron chi connectivity index (χ4n) is 2.29. The maximum absolute atomic E-state index is 11.6. The molecule has 2 unspecified atom stereocenters. The van der Waals surface area contributed by atoms with Gasteiger partial charge < -0.3 is 20.1 Å². The monoisotopic (exact) mass is 258 g/mol. The minimum atomic E-state index is -0.634. The molecule has 104 valence electrons. The zero-order valence-corrected chi connectivity index (χ0v) is 11.0. The average molecular weight is 258 g/mol. The topological polar surface area (TPSA) is 78.9 Å². The molecule has 1 heterocycles. The summed E-state index contributed by atoms with van der Waals surface area (Å²) >= 11 is 0. The van der Waals surface area contributed by atoms with Gasteiger partial charge in [0.2, 0.25) is 5.91 Å². The van der Waals surface area contributed by atoms with Crippen molar-refractivity contribution in [3.8, 4) is 0 Å². The van der Waals surface area contributed by atoms with Crippen molar-refractivity contribution in [1.29, 1.82) is 0 Å². The maximum atomic E-state index is 11.6. The van der Waals surface area contributed by atoms with Gasteiger partial charge in [-0.05, 0) is 25.3 Å². The van der Waals surface area contributed by atoms with E-state index in [2.05, 4.69) is 15.0 Å². The third-order valence-electron chi connectivity index (χ3n) is 3.17. The summed E-state index contributed by atoms with van der Waals surface area (Å²) < 4.78 is 4.68. The summed E-state index contributed by atoms with van der Waals surface area (Å²) in [6.07, 6.45) is 2.01. The van der Waals surface area contributed by atoms with E-state index in [1.54, 1.807) is 0 Å². The lowest BCUT2D eigenvalue weighted by Gasteiger charge is -2.33. The van der Waals surface area contributed by atoms with Crippen LogP contribution in [0.3, 0.4) is 0 Å². The number of nitrogens with zero attached hydrogens (tertiary/aromatic N) is 1. The first-order valence-corrected chi connectivity index (χ1v) is 6.25. The van der Waals surface area contributed by atoms with Crippen LogP contribution in [0.25, 0.3) is 0 Å². The Morgan fingerprint density at radius 3 is 2.83 bits per heavy atom. The van der Waals surface area contributed by atoms with Gasteiger partial charge in [-0.1, -0.05) is 0 Å². The second-order valence-corrected chi connectivity index (χ2v) is 4.73. The molecule has 2 N–H and O–H groups in total. The number of hydrogen-bond acceptors (Lipinski definition) is 5. The SMILES string of the molecule is COC(=O)C(CN1CCCC(CO)C1)NC(C)=O. The van der Waals surface area contributed by atoms with Crippen LogP contribution in [0.2, 0.25) is 0 Å². The van der Waals surface area contributed by atoms with E-state index in [-0.39, 0.29) is 18.4 Å². The largest absolute Gasteiger partial charge is 0.467 e. The van der Waals surface area contributed by atoms with Gasteiger partial charge in [0.15, 0.2) is 0 Å². The molecule has 0 aromatic heterocycles. The highest BCUT2D eigenvalue weighted by Gasteiger charge is 2.26. The number of aliphatic hydroxyl groups is 1. The minimum absolute atomic E-state index is 0.166. The van der Waals surface area contributed by atoms with Gasteiger partial charge in [-0.3, -0.25) is 4.79 Å². The maximum Gasteiger partial charge on any atom is 0.329 e. The minimum Gasteiger partial charge on any atom is -0.467 e. The molecule has 1 fully saturated rings. The van der Waals surface area contributed by atoms with Crippen molar-refractivity contribution < 1.29 is 19.4 Å². The summed E-state index contributed by atoms with van der Waals surface area (Å²) in [5.74, 6) is -0.424. The summed E-state index contributed by atoms with van der Waals surface area (Å²) in [4.78, 5) is 24.7. The van der Waals surface area contributed by atoms with E-state index in [1.807, 2.05) is 0 Å². The third kappa shape index (κ3) is 4.62. The van der Waals surface area contributed by atoms with Crippen molar-refractivity contribution in [3.05, 3.63) is 0 Å². The van der Waals surface area contributed by atoms with Crippen molar-refractivity contribution >= 4 is 11.9 Å². The second-order valence-electron chi connectivity index (χ2n) is 4.73. The zero-order valence-electron chi connectivity index (χ0n) is 11.0. The molecule has 0 saturated carbocycles. The molecule has 6 heteroatoms. The molecule has 0 bridgehead atoms. The lowest BCUT2D eigenvalue weighted by atomic mass is 9.98. The smallest absolute Gasteiger partial charge is 0.329 e. The van der Waals surface area contributed by atoms with Crippen LogP contribution in [-0.2, 0) is 14.3 Å². The Hall–Kier alpha value is -1.14. The quantitative estimate of drug-likeness (QED) is 0.642. The summed E-state index contributed by atoms with van der Waals surface area (Å²) in [6.45, 7) is 3.61. The Balaban J connectivity index is 2.53. The van der Waals surface area contributed by atoms with E-state index in [0.29, 0.717) is 6.54 Å². The number of hydrogen-bond donors (Lipinski definition) is 2. The van der Waals surface area contributed by atoms with E-state index in [1.165, 1.54) is 14.0 Å². The molecular weight excluding hydrogens is 236 g/mol. The molecule has 1 rings (SSSR count). The number of piperidine rings is 1. The van der Waals surface area contributed by atoms with E-state index >= 15 is 0 Å². The normalized spacial score (nSPS) is 22.3. The van der Waals surface area contributed by atoms with Crippen molar-refractivity contribution in [2.75, 3.05) is 33.4 Å². The summed E-state index contributed by atoms with van der Waals surface area (Å²) in [6, 6.07) is -0.634. The summed E-state index contributed by atoms with van der Waals surface area (Å²) in [5.41, 5.74) is 0. The van der Waals surface area contributed by atoms with Crippen LogP contribution in [0.15, 0.2) is 0 Å². The van der Waals surface area contributed by atoms with E-state index < -0.39 is 12.0 Å². The van der Waals surface area contributed by atoms with Crippen LogP contribution in [0, 0.1) is 5.92 Å². The van der Waals surface area contributed by atoms with Crippen LogP contribution in [0.1, 0.15) is 19.8 Å². The Labute approximate surface area is 107 Å². The second kappa shape index (κ2) is 7.33. The predicted octanol–water partition coefficient (Wildman–Crippen LogP) is -0.632. The van der Waals surface area contributed by atoms with Crippen molar-refractivity contribution in [1.82, 2.24) is 10.2 Å². The molecule has 1 aliphatic rings. The van der Waals surface area contributed by atoms with Crippen molar-refractivity contribution in [2.45, 2.75) is 25.8 Å². The van der Waals surface area contributed by atoms with Crippen LogP contribution in [0.4, 0.5) is 0 Å². The van der Waals surface area contributed by atoms with Crippen LogP contribution < -0.4 is 5.32 Å². The zero-order chi connectivity index (χ0) is 13.5. The van der Waals surface area contributed by atoms with Gasteiger partial charge >= 0.3 is 5.97 Å². The molecule has 0 spiro atoms. The predicted molar refractivity (Wildman–Crippen MR) is 65.9 cm³/mol. The third-order valence-corrected chi connectivity index (χ3v) is 3.17. The number of carbonyl (C=O) groups excluding carboxylic acids is 2. The molecule has 6 nitrogen and oxygen atoms in total. The van der Waals surface area contributed by atoms with Crippen LogP contribution in [0.5, 0.6) is 0 Å². The number of amides is 1.